The first-order valence-corrected chi connectivity index (χ1v) is 16.5. The van der Waals surface area contributed by atoms with Gasteiger partial charge in [-0.25, -0.2) is 0 Å². The van der Waals surface area contributed by atoms with Crippen molar-refractivity contribution in [3.8, 4) is 0 Å². The van der Waals surface area contributed by atoms with Crippen LogP contribution in [0.25, 0.3) is 12.2 Å². The van der Waals surface area contributed by atoms with Gasteiger partial charge < -0.3 is 0 Å². The minimum absolute atomic E-state index is 0.424. The van der Waals surface area contributed by atoms with Crippen molar-refractivity contribution in [3.05, 3.63) is 82.9 Å². The van der Waals surface area contributed by atoms with E-state index in [4.69, 9.17) is 0 Å². The van der Waals surface area contributed by atoms with Crippen LogP contribution in [0, 0.1) is 0 Å². The monoisotopic (exact) mass is 450 g/mol. The molecule has 2 aromatic rings. The topological polar surface area (TPSA) is 6.48 Å². The van der Waals surface area contributed by atoms with E-state index in [9.17, 15) is 0 Å². The molecule has 0 N–H and O–H groups in total. The molecule has 3 heteroatoms. The van der Waals surface area contributed by atoms with E-state index in [0.29, 0.717) is 7.25 Å². The Morgan fingerprint density at radius 1 is 0.679 bits per heavy atom. The fourth-order valence-corrected chi connectivity index (χ4v) is 29.2. The summed E-state index contributed by atoms with van der Waals surface area (Å²) in [5, 5.41) is 0. The van der Waals surface area contributed by atoms with Crippen molar-refractivity contribution in [1.29, 1.82) is 0 Å². The van der Waals surface area contributed by atoms with Crippen LogP contribution in [0.3, 0.4) is 0 Å². The molecule has 0 saturated heterocycles. The molecular weight excluding hydrogens is 420 g/mol. The first-order valence-electron chi connectivity index (χ1n) is 10.2. The van der Waals surface area contributed by atoms with E-state index in [1.165, 1.54) is 22.3 Å². The van der Waals surface area contributed by atoms with E-state index in [2.05, 4.69) is 121 Å². The van der Waals surface area contributed by atoms with Crippen molar-refractivity contribution in [2.75, 3.05) is 28.2 Å². The van der Waals surface area contributed by atoms with Crippen molar-refractivity contribution in [2.45, 2.75) is 21.1 Å². The van der Waals surface area contributed by atoms with Gasteiger partial charge in [0.15, 0.2) is 0 Å². The van der Waals surface area contributed by atoms with E-state index >= 15 is 0 Å². The minimum atomic E-state index is -4.07. The van der Waals surface area contributed by atoms with Gasteiger partial charge in [0.1, 0.15) is 0 Å². The molecular formula is C25H32N2Zr. The molecule has 28 heavy (non-hydrogen) atoms. The van der Waals surface area contributed by atoms with Gasteiger partial charge in [-0.3, -0.25) is 0 Å². The molecule has 0 spiro atoms. The summed E-state index contributed by atoms with van der Waals surface area (Å²) in [7, 11) is 9.34. The number of benzene rings is 2. The van der Waals surface area contributed by atoms with Crippen LogP contribution in [0.4, 0.5) is 0 Å². The summed E-state index contributed by atoms with van der Waals surface area (Å²) in [6.45, 7) is 4.80. The third kappa shape index (κ3) is 2.22. The van der Waals surface area contributed by atoms with Gasteiger partial charge in [0.2, 0.25) is 0 Å². The average molecular weight is 452 g/mol. The van der Waals surface area contributed by atoms with E-state index < -0.39 is 18.9 Å². The summed E-state index contributed by atoms with van der Waals surface area (Å²) in [4.78, 5) is 0. The Morgan fingerprint density at radius 2 is 1.07 bits per heavy atom. The molecule has 2 unspecified atom stereocenters. The van der Waals surface area contributed by atoms with Gasteiger partial charge in [-0.1, -0.05) is 0 Å². The van der Waals surface area contributed by atoms with E-state index in [1.54, 1.807) is 3.21 Å². The maximum absolute atomic E-state index is 4.07. The zero-order valence-electron chi connectivity index (χ0n) is 18.0. The van der Waals surface area contributed by atoms with Crippen molar-refractivity contribution in [1.82, 2.24) is 5.69 Å². The first-order chi connectivity index (χ1) is 13.4. The molecule has 2 atom stereocenters. The van der Waals surface area contributed by atoms with Crippen molar-refractivity contribution in [2.24, 2.45) is 0 Å². The first kappa shape index (κ1) is 19.9. The molecule has 0 fully saturated rings. The van der Waals surface area contributed by atoms with Crippen LogP contribution in [0.5, 0.6) is 0 Å². The van der Waals surface area contributed by atoms with Crippen LogP contribution in [0.15, 0.2) is 60.7 Å². The van der Waals surface area contributed by atoms with Crippen molar-refractivity contribution < 1.29 is 18.9 Å². The van der Waals surface area contributed by atoms with Crippen LogP contribution in [0.2, 0.25) is 0 Å². The molecule has 0 amide bonds. The van der Waals surface area contributed by atoms with Crippen LogP contribution < -0.4 is 0 Å². The second kappa shape index (κ2) is 6.83. The molecule has 4 rings (SSSR count). The summed E-state index contributed by atoms with van der Waals surface area (Å²) >= 11 is -4.07. The second-order valence-electron chi connectivity index (χ2n) is 9.02. The number of allylic oxidation sites excluding steroid dienone is 2. The number of fused-ring (bicyclic) bond motifs is 2. The predicted octanol–water partition coefficient (Wildman–Crippen LogP) is 5.38. The molecule has 2 aliphatic rings. The Morgan fingerprint density at radius 3 is 1.43 bits per heavy atom. The Labute approximate surface area is 171 Å². The fourth-order valence-electron chi connectivity index (χ4n) is 6.71. The van der Waals surface area contributed by atoms with Gasteiger partial charge in [0.25, 0.3) is 0 Å². The van der Waals surface area contributed by atoms with Crippen LogP contribution in [-0.4, -0.2) is 37.1 Å². The molecule has 0 aromatic heterocycles. The molecule has 0 heterocycles. The molecule has 0 bridgehead atoms. The molecule has 0 saturated carbocycles. The number of hydrogen-bond donors (Lipinski definition) is 0. The van der Waals surface area contributed by atoms with Gasteiger partial charge in [-0.05, 0) is 0 Å². The third-order valence-corrected chi connectivity index (χ3v) is 30.5. The quantitative estimate of drug-likeness (QED) is 0.616. The van der Waals surface area contributed by atoms with E-state index in [1.807, 2.05) is 0 Å². The molecule has 0 aliphatic heterocycles. The van der Waals surface area contributed by atoms with Crippen LogP contribution >= 0.6 is 0 Å². The zero-order valence-corrected chi connectivity index (χ0v) is 20.4. The Kier molecular flexibility index (Phi) is 4.85. The van der Waals surface area contributed by atoms with Crippen molar-refractivity contribution in [3.63, 3.8) is 0 Å². The number of hydrogen-bond acceptors (Lipinski definition) is 2. The zero-order chi connectivity index (χ0) is 20.1. The summed E-state index contributed by atoms with van der Waals surface area (Å²) in [5.41, 5.74) is 5.75. The average Bonchev–Trinajstić information content (AvgIpc) is 3.28. The van der Waals surface area contributed by atoms with Gasteiger partial charge in [0.05, 0.1) is 0 Å². The van der Waals surface area contributed by atoms with Gasteiger partial charge in [0, 0.05) is 0 Å². The standard InChI is InChI=1S/2C9H7.C3H6.2C2H6N.Zr/c2*1-2-5-9-7-3-6-8(9)4-1;3*1-3-2;/h2*1-7H;3*1-2H3;/q;;;2*-1;+2. The normalized spacial score (nSPS) is 20.8. The molecule has 146 valence electrons. The van der Waals surface area contributed by atoms with E-state index in [0.717, 1.165) is 0 Å². The summed E-state index contributed by atoms with van der Waals surface area (Å²) in [6.07, 6.45) is 9.73. The third-order valence-electron chi connectivity index (χ3n) is 7.73. The Balaban J connectivity index is 2.15. The summed E-state index contributed by atoms with van der Waals surface area (Å²) < 4.78 is 7.80. The van der Waals surface area contributed by atoms with Gasteiger partial charge in [-0.2, -0.15) is 0 Å². The predicted molar refractivity (Wildman–Crippen MR) is 120 cm³/mol. The summed E-state index contributed by atoms with van der Waals surface area (Å²) in [5.74, 6) is 0. The second-order valence-corrected chi connectivity index (χ2v) is 25.3. The molecule has 2 nitrogen and oxygen atoms in total. The Hall–Kier alpha value is -1.41. The fraction of sp³-hybridized carbons (Fsp3) is 0.320. The van der Waals surface area contributed by atoms with E-state index in [-0.39, 0.29) is 0 Å². The molecule has 2 aliphatic carbocycles. The maximum atomic E-state index is 2.67. The van der Waals surface area contributed by atoms with Crippen molar-refractivity contribution >= 4 is 15.4 Å². The molecule has 0 radical (unpaired) electrons. The number of nitrogens with zero attached hydrogens (tertiary/aromatic N) is 2. The van der Waals surface area contributed by atoms with Gasteiger partial charge in [-0.15, -0.1) is 0 Å². The summed E-state index contributed by atoms with van der Waals surface area (Å²) in [6, 6.07) is 18.0. The van der Waals surface area contributed by atoms with Gasteiger partial charge >= 0.3 is 172 Å². The molecule has 2 aromatic carbocycles. The Bertz CT molecular complexity index is 972. The SMILES string of the molecule is C[C](C)=[Zr]([CH]1C=Cc2ccccc21)([CH]1C=Cc2ccccc21)([N](C)C)[N](C)C. The van der Waals surface area contributed by atoms with Crippen LogP contribution in [-0.2, 0) is 18.9 Å². The number of rotatable bonds is 4. The van der Waals surface area contributed by atoms with Crippen LogP contribution in [0.1, 0.15) is 43.4 Å².